The maximum absolute atomic E-state index is 5.74. The van der Waals surface area contributed by atoms with Crippen LogP contribution in [-0.2, 0) is 24.3 Å². The lowest BCUT2D eigenvalue weighted by atomic mass is 10.1. The second-order valence-electron chi connectivity index (χ2n) is 6.14. The summed E-state index contributed by atoms with van der Waals surface area (Å²) in [4.78, 5) is 5.53. The first kappa shape index (κ1) is 16.2. The minimum absolute atomic E-state index is 0.0933. The van der Waals surface area contributed by atoms with Crippen LogP contribution in [0, 0.1) is 6.92 Å². The van der Waals surface area contributed by atoms with Gasteiger partial charge in [-0.2, -0.15) is 0 Å². The number of thiazole rings is 1. The molecule has 0 atom stereocenters. The summed E-state index contributed by atoms with van der Waals surface area (Å²) in [5.41, 5.74) is 3.08. The summed E-state index contributed by atoms with van der Waals surface area (Å²) < 4.78 is 11.4. The van der Waals surface area contributed by atoms with E-state index >= 15 is 0 Å². The van der Waals surface area contributed by atoms with Crippen molar-refractivity contribution in [1.82, 2.24) is 10.3 Å². The van der Waals surface area contributed by atoms with Gasteiger partial charge in [-0.15, -0.1) is 11.3 Å². The van der Waals surface area contributed by atoms with Crippen molar-refractivity contribution in [3.63, 3.8) is 0 Å². The normalized spacial score (nSPS) is 12.0. The van der Waals surface area contributed by atoms with Crippen LogP contribution in [-0.4, -0.2) is 17.1 Å². The summed E-state index contributed by atoms with van der Waals surface area (Å²) in [6.07, 6.45) is 0.912. The number of nitrogens with zero attached hydrogens (tertiary/aromatic N) is 1. The molecule has 2 heterocycles. The third-order valence-corrected chi connectivity index (χ3v) is 4.07. The minimum atomic E-state index is 0.0933. The zero-order chi connectivity index (χ0) is 15.3. The number of furan rings is 1. The first-order chi connectivity index (χ1) is 9.94. The van der Waals surface area contributed by atoms with E-state index in [9.17, 15) is 0 Å². The topological polar surface area (TPSA) is 47.3 Å². The molecule has 2 aromatic rings. The number of hydrogen-bond acceptors (Lipinski definition) is 5. The maximum Gasteiger partial charge on any atom is 0.129 e. The molecule has 0 fully saturated rings. The zero-order valence-corrected chi connectivity index (χ0v) is 14.0. The molecule has 0 bridgehead atoms. The smallest absolute Gasteiger partial charge is 0.129 e. The Morgan fingerprint density at radius 2 is 2.05 bits per heavy atom. The van der Waals surface area contributed by atoms with Crippen molar-refractivity contribution in [2.24, 2.45) is 0 Å². The number of aromatic nitrogens is 1. The fourth-order valence-corrected chi connectivity index (χ4v) is 2.61. The highest BCUT2D eigenvalue weighted by Crippen LogP contribution is 2.14. The molecule has 1 N–H and O–H groups in total. The van der Waals surface area contributed by atoms with E-state index in [-0.39, 0.29) is 5.54 Å². The van der Waals surface area contributed by atoms with Crippen molar-refractivity contribution in [3.8, 4) is 0 Å². The molecule has 0 radical (unpaired) electrons. The monoisotopic (exact) mass is 308 g/mol. The summed E-state index contributed by atoms with van der Waals surface area (Å²) in [7, 11) is 0. The highest BCUT2D eigenvalue weighted by molar-refractivity contribution is 7.09. The van der Waals surface area contributed by atoms with Crippen LogP contribution in [0.3, 0.4) is 0 Å². The number of hydrogen-bond donors (Lipinski definition) is 1. The van der Waals surface area contributed by atoms with Crippen molar-refractivity contribution < 1.29 is 9.15 Å². The molecule has 2 aromatic heterocycles. The number of aryl methyl sites for hydroxylation is 1. The van der Waals surface area contributed by atoms with Crippen LogP contribution in [0.15, 0.2) is 22.1 Å². The lowest BCUT2D eigenvalue weighted by Crippen LogP contribution is -2.34. The van der Waals surface area contributed by atoms with Crippen LogP contribution in [0.4, 0.5) is 0 Å². The van der Waals surface area contributed by atoms with Gasteiger partial charge in [-0.25, -0.2) is 4.98 Å². The van der Waals surface area contributed by atoms with E-state index in [0.717, 1.165) is 30.2 Å². The lowest BCUT2D eigenvalue weighted by molar-refractivity contribution is 0.108. The molecule has 21 heavy (non-hydrogen) atoms. The van der Waals surface area contributed by atoms with Crippen molar-refractivity contribution in [3.05, 3.63) is 39.7 Å². The van der Waals surface area contributed by atoms with Gasteiger partial charge >= 0.3 is 0 Å². The van der Waals surface area contributed by atoms with Crippen LogP contribution in [0.5, 0.6) is 0 Å². The summed E-state index contributed by atoms with van der Waals surface area (Å²) in [5, 5.41) is 3.40. The molecule has 0 aromatic carbocycles. The summed E-state index contributed by atoms with van der Waals surface area (Å²) in [5.74, 6) is 1.82. The van der Waals surface area contributed by atoms with E-state index < -0.39 is 0 Å². The van der Waals surface area contributed by atoms with E-state index in [1.807, 2.05) is 24.6 Å². The molecule has 5 heteroatoms. The molecule has 0 amide bonds. The quantitative estimate of drug-likeness (QED) is 0.792. The Balaban J connectivity index is 1.69. The average Bonchev–Trinajstić information content (AvgIpc) is 3.01. The molecule has 0 aliphatic heterocycles. The van der Waals surface area contributed by atoms with Gasteiger partial charge < -0.3 is 14.5 Å². The predicted octanol–water partition coefficient (Wildman–Crippen LogP) is 3.69. The van der Waals surface area contributed by atoms with E-state index in [2.05, 4.69) is 31.1 Å². The molecule has 0 aliphatic carbocycles. The third-order valence-electron chi connectivity index (χ3n) is 3.07. The Morgan fingerprint density at radius 1 is 1.29 bits per heavy atom. The summed E-state index contributed by atoms with van der Waals surface area (Å²) in [6, 6.07) is 3.99. The molecule has 116 valence electrons. The summed E-state index contributed by atoms with van der Waals surface area (Å²) in [6.45, 7) is 10.4. The zero-order valence-electron chi connectivity index (χ0n) is 13.2. The maximum atomic E-state index is 5.74. The van der Waals surface area contributed by atoms with Crippen molar-refractivity contribution in [1.29, 1.82) is 0 Å². The van der Waals surface area contributed by atoms with Crippen LogP contribution in [0.1, 0.15) is 42.9 Å². The predicted molar refractivity (Wildman–Crippen MR) is 85.5 cm³/mol. The molecular weight excluding hydrogens is 284 g/mol. The number of rotatable bonds is 7. The fraction of sp³-hybridized carbons (Fsp3) is 0.562. The number of nitrogens with one attached hydrogen (secondary N) is 1. The first-order valence-electron chi connectivity index (χ1n) is 7.23. The Morgan fingerprint density at radius 3 is 2.71 bits per heavy atom. The molecule has 0 aliphatic rings. The average molecular weight is 308 g/mol. The molecule has 0 spiro atoms. The molecule has 4 nitrogen and oxygen atoms in total. The minimum Gasteiger partial charge on any atom is -0.462 e. The van der Waals surface area contributed by atoms with Crippen LogP contribution >= 0.6 is 11.3 Å². The van der Waals surface area contributed by atoms with E-state index in [0.29, 0.717) is 13.2 Å². The number of ether oxygens (including phenoxy) is 1. The molecule has 0 saturated heterocycles. The second-order valence-corrected chi connectivity index (χ2v) is 7.07. The van der Waals surface area contributed by atoms with E-state index in [1.165, 1.54) is 4.88 Å². The lowest BCUT2D eigenvalue weighted by Gasteiger charge is -2.19. The van der Waals surface area contributed by atoms with Crippen molar-refractivity contribution in [2.45, 2.75) is 52.8 Å². The van der Waals surface area contributed by atoms with Crippen LogP contribution < -0.4 is 5.32 Å². The van der Waals surface area contributed by atoms with E-state index in [1.54, 1.807) is 11.3 Å². The largest absolute Gasteiger partial charge is 0.462 e. The second kappa shape index (κ2) is 7.20. The van der Waals surface area contributed by atoms with Gasteiger partial charge in [0, 0.05) is 16.8 Å². The Kier molecular flexibility index (Phi) is 5.56. The van der Waals surface area contributed by atoms with Gasteiger partial charge in [0.15, 0.2) is 0 Å². The SMILES string of the molecule is Cc1ncsc1CCOCc1ccc(CNC(C)(C)C)o1. The van der Waals surface area contributed by atoms with Gasteiger partial charge in [0.05, 0.1) is 24.4 Å². The van der Waals surface area contributed by atoms with Gasteiger partial charge in [0.1, 0.15) is 18.1 Å². The molecule has 2 rings (SSSR count). The van der Waals surface area contributed by atoms with Gasteiger partial charge in [-0.1, -0.05) is 0 Å². The van der Waals surface area contributed by atoms with Crippen molar-refractivity contribution >= 4 is 11.3 Å². The Hall–Kier alpha value is -1.17. The van der Waals surface area contributed by atoms with Gasteiger partial charge in [0.25, 0.3) is 0 Å². The van der Waals surface area contributed by atoms with Gasteiger partial charge in [-0.05, 0) is 39.8 Å². The van der Waals surface area contributed by atoms with Gasteiger partial charge in [0.2, 0.25) is 0 Å². The summed E-state index contributed by atoms with van der Waals surface area (Å²) >= 11 is 1.69. The van der Waals surface area contributed by atoms with Crippen molar-refractivity contribution in [2.75, 3.05) is 6.61 Å². The Labute approximate surface area is 130 Å². The highest BCUT2D eigenvalue weighted by atomic mass is 32.1. The van der Waals surface area contributed by atoms with E-state index in [4.69, 9.17) is 9.15 Å². The Bertz CT molecular complexity index is 555. The highest BCUT2D eigenvalue weighted by Gasteiger charge is 2.10. The third kappa shape index (κ3) is 5.61. The molecular formula is C16H24N2O2S. The standard InChI is InChI=1S/C16H24N2O2S/c1-12-15(21-11-17-12)7-8-19-10-14-6-5-13(20-14)9-18-16(2,3)4/h5-6,11,18H,7-10H2,1-4H3. The molecule has 0 unspecified atom stereocenters. The molecule has 0 saturated carbocycles. The van der Waals surface area contributed by atoms with Crippen LogP contribution in [0.25, 0.3) is 0 Å². The van der Waals surface area contributed by atoms with Crippen LogP contribution in [0.2, 0.25) is 0 Å². The van der Waals surface area contributed by atoms with Gasteiger partial charge in [-0.3, -0.25) is 0 Å². The fourth-order valence-electron chi connectivity index (χ4n) is 1.85. The first-order valence-corrected chi connectivity index (χ1v) is 8.11.